The van der Waals surface area contributed by atoms with Crippen molar-refractivity contribution in [3.05, 3.63) is 80.0 Å². The molecule has 156 valence electrons. The molecule has 0 saturated heterocycles. The summed E-state index contributed by atoms with van der Waals surface area (Å²) in [5.74, 6) is 0.772. The Hall–Kier alpha value is -3.81. The highest BCUT2D eigenvalue weighted by molar-refractivity contribution is 6.00. The highest BCUT2D eigenvalue weighted by atomic mass is 16.5. The summed E-state index contributed by atoms with van der Waals surface area (Å²) in [7, 11) is 3.11. The number of ether oxygens (including phenoxy) is 2. The molecule has 1 heterocycles. The standard InChI is InChI=1S/C22H23N3O5/c1-13-5-7-16(8-6-13)25-21(27)19(20(26)24-22(25)28)14(2)23-12-15-9-17(29-3)11-18(10-15)30-4/h5-11,27H,12H2,1-4H3,(H,24,26,28). The van der Waals surface area contributed by atoms with Crippen LogP contribution in [0, 0.1) is 6.92 Å². The summed E-state index contributed by atoms with van der Waals surface area (Å²) in [6.45, 7) is 3.74. The fourth-order valence-corrected chi connectivity index (χ4v) is 3.03. The summed E-state index contributed by atoms with van der Waals surface area (Å²) < 4.78 is 11.5. The van der Waals surface area contributed by atoms with Gasteiger partial charge in [-0.05, 0) is 43.7 Å². The van der Waals surface area contributed by atoms with Crippen LogP contribution in [0.3, 0.4) is 0 Å². The molecule has 8 nitrogen and oxygen atoms in total. The van der Waals surface area contributed by atoms with Crippen LogP contribution >= 0.6 is 0 Å². The van der Waals surface area contributed by atoms with Gasteiger partial charge < -0.3 is 14.6 Å². The number of aromatic amines is 1. The molecule has 0 saturated carbocycles. The molecule has 2 aromatic carbocycles. The van der Waals surface area contributed by atoms with Gasteiger partial charge in [0.05, 0.1) is 32.2 Å². The predicted octanol–water partition coefficient (Wildman–Crippen LogP) is 2.57. The van der Waals surface area contributed by atoms with Gasteiger partial charge in [-0.2, -0.15) is 0 Å². The van der Waals surface area contributed by atoms with Gasteiger partial charge in [0.2, 0.25) is 5.88 Å². The van der Waals surface area contributed by atoms with Crippen LogP contribution in [0.1, 0.15) is 23.6 Å². The minimum atomic E-state index is -0.726. The number of aromatic hydroxyl groups is 1. The molecular weight excluding hydrogens is 386 g/mol. The summed E-state index contributed by atoms with van der Waals surface area (Å²) in [5, 5.41) is 10.7. The number of rotatable bonds is 6. The third kappa shape index (κ3) is 4.27. The number of hydrogen-bond donors (Lipinski definition) is 2. The lowest BCUT2D eigenvalue weighted by atomic mass is 10.1. The molecule has 0 unspecified atom stereocenters. The van der Waals surface area contributed by atoms with E-state index in [-0.39, 0.29) is 17.8 Å². The molecule has 0 amide bonds. The predicted molar refractivity (Wildman–Crippen MR) is 115 cm³/mol. The van der Waals surface area contributed by atoms with Gasteiger partial charge in [0.1, 0.15) is 17.1 Å². The van der Waals surface area contributed by atoms with E-state index >= 15 is 0 Å². The first-order valence-electron chi connectivity index (χ1n) is 9.22. The summed E-state index contributed by atoms with van der Waals surface area (Å²) in [4.78, 5) is 31.4. The maximum absolute atomic E-state index is 12.4. The molecular formula is C22H23N3O5. The van der Waals surface area contributed by atoms with Gasteiger partial charge in [-0.1, -0.05) is 17.7 Å². The summed E-state index contributed by atoms with van der Waals surface area (Å²) >= 11 is 0. The quantitative estimate of drug-likeness (QED) is 0.609. The third-order valence-electron chi connectivity index (χ3n) is 4.65. The first-order chi connectivity index (χ1) is 14.3. The molecule has 0 fully saturated rings. The van der Waals surface area contributed by atoms with Crippen molar-refractivity contribution >= 4 is 5.71 Å². The van der Waals surface area contributed by atoms with Crippen LogP contribution in [0.5, 0.6) is 17.4 Å². The number of hydrogen-bond acceptors (Lipinski definition) is 6. The van der Waals surface area contributed by atoms with Crippen molar-refractivity contribution in [1.82, 2.24) is 9.55 Å². The average Bonchev–Trinajstić information content (AvgIpc) is 2.73. The lowest BCUT2D eigenvalue weighted by Gasteiger charge is -2.12. The Morgan fingerprint density at radius 2 is 1.67 bits per heavy atom. The van der Waals surface area contributed by atoms with Crippen LogP contribution < -0.4 is 20.7 Å². The Bertz CT molecular complexity index is 1180. The largest absolute Gasteiger partial charge is 0.497 e. The minimum Gasteiger partial charge on any atom is -0.497 e. The van der Waals surface area contributed by atoms with E-state index in [1.165, 1.54) is 0 Å². The molecule has 0 aliphatic heterocycles. The molecule has 1 aromatic heterocycles. The van der Waals surface area contributed by atoms with E-state index in [1.807, 2.05) is 19.1 Å². The van der Waals surface area contributed by atoms with Gasteiger partial charge in [-0.25, -0.2) is 9.36 Å². The second-order valence-corrected chi connectivity index (χ2v) is 6.75. The normalized spacial score (nSPS) is 11.4. The zero-order valence-electron chi connectivity index (χ0n) is 17.2. The van der Waals surface area contributed by atoms with Crippen molar-refractivity contribution < 1.29 is 14.6 Å². The van der Waals surface area contributed by atoms with E-state index in [2.05, 4.69) is 9.98 Å². The first-order valence-corrected chi connectivity index (χ1v) is 9.22. The van der Waals surface area contributed by atoms with Gasteiger partial charge >= 0.3 is 5.69 Å². The van der Waals surface area contributed by atoms with Crippen molar-refractivity contribution in [1.29, 1.82) is 0 Å². The third-order valence-corrected chi connectivity index (χ3v) is 4.65. The number of H-pyrrole nitrogens is 1. The van der Waals surface area contributed by atoms with Gasteiger partial charge in [0, 0.05) is 6.07 Å². The maximum Gasteiger partial charge on any atom is 0.335 e. The minimum absolute atomic E-state index is 0.0648. The zero-order valence-corrected chi connectivity index (χ0v) is 17.2. The number of methoxy groups -OCH3 is 2. The van der Waals surface area contributed by atoms with Gasteiger partial charge in [-0.3, -0.25) is 14.8 Å². The fourth-order valence-electron chi connectivity index (χ4n) is 3.03. The highest BCUT2D eigenvalue weighted by Crippen LogP contribution is 2.23. The van der Waals surface area contributed by atoms with Crippen LogP contribution in [-0.4, -0.2) is 34.6 Å². The van der Waals surface area contributed by atoms with Crippen molar-refractivity contribution in [2.75, 3.05) is 14.2 Å². The van der Waals surface area contributed by atoms with Gasteiger partial charge in [0.25, 0.3) is 5.56 Å². The number of nitrogens with one attached hydrogen (secondary N) is 1. The monoisotopic (exact) mass is 409 g/mol. The van der Waals surface area contributed by atoms with Crippen molar-refractivity contribution in [2.45, 2.75) is 20.4 Å². The second-order valence-electron chi connectivity index (χ2n) is 6.75. The highest BCUT2D eigenvalue weighted by Gasteiger charge is 2.18. The molecule has 2 N–H and O–H groups in total. The average molecular weight is 409 g/mol. The lowest BCUT2D eigenvalue weighted by molar-refractivity contribution is 0.393. The zero-order chi connectivity index (χ0) is 21.8. The summed E-state index contributed by atoms with van der Waals surface area (Å²) in [5.41, 5.74) is 1.03. The smallest absolute Gasteiger partial charge is 0.335 e. The van der Waals surface area contributed by atoms with E-state index in [0.29, 0.717) is 17.2 Å². The Kier molecular flexibility index (Phi) is 6.06. The number of nitrogens with zero attached hydrogens (tertiary/aromatic N) is 2. The Labute approximate surface area is 173 Å². The van der Waals surface area contributed by atoms with Crippen LogP contribution in [-0.2, 0) is 6.54 Å². The Morgan fingerprint density at radius 3 is 2.23 bits per heavy atom. The number of aryl methyl sites for hydroxylation is 1. The lowest BCUT2D eigenvalue weighted by Crippen LogP contribution is -2.32. The van der Waals surface area contributed by atoms with Gasteiger partial charge in [-0.15, -0.1) is 0 Å². The molecule has 8 heteroatoms. The molecule has 0 atom stereocenters. The number of benzene rings is 2. The molecule has 3 rings (SSSR count). The SMILES string of the molecule is COc1cc(CN=C(C)c2c(O)n(-c3ccc(C)cc3)c(=O)[nH]c2=O)cc(OC)c1. The Morgan fingerprint density at radius 1 is 1.07 bits per heavy atom. The van der Waals surface area contributed by atoms with E-state index in [1.54, 1.807) is 51.5 Å². The topological polar surface area (TPSA) is 106 Å². The summed E-state index contributed by atoms with van der Waals surface area (Å²) in [6.07, 6.45) is 0. The molecule has 0 radical (unpaired) electrons. The maximum atomic E-state index is 12.4. The molecule has 30 heavy (non-hydrogen) atoms. The van der Waals surface area contributed by atoms with E-state index in [0.717, 1.165) is 15.7 Å². The second kappa shape index (κ2) is 8.69. The first kappa shape index (κ1) is 20.9. The number of aliphatic imine (C=N–C) groups is 1. The van der Waals surface area contributed by atoms with Gasteiger partial charge in [0.15, 0.2) is 0 Å². The van der Waals surface area contributed by atoms with Crippen molar-refractivity contribution in [3.63, 3.8) is 0 Å². The molecule has 0 bridgehead atoms. The van der Waals surface area contributed by atoms with Crippen LogP contribution in [0.15, 0.2) is 57.0 Å². The molecule has 0 aliphatic rings. The van der Waals surface area contributed by atoms with Crippen molar-refractivity contribution in [2.24, 2.45) is 4.99 Å². The fraction of sp³-hybridized carbons (Fsp3) is 0.227. The van der Waals surface area contributed by atoms with Crippen molar-refractivity contribution in [3.8, 4) is 23.1 Å². The van der Waals surface area contributed by atoms with Crippen LogP contribution in [0.25, 0.3) is 5.69 Å². The molecule has 0 aliphatic carbocycles. The number of aromatic nitrogens is 2. The van der Waals surface area contributed by atoms with Crippen LogP contribution in [0.4, 0.5) is 0 Å². The summed E-state index contributed by atoms with van der Waals surface area (Å²) in [6, 6.07) is 12.3. The van der Waals surface area contributed by atoms with E-state index in [9.17, 15) is 14.7 Å². The van der Waals surface area contributed by atoms with Crippen LogP contribution in [0.2, 0.25) is 0 Å². The molecule has 0 spiro atoms. The Balaban J connectivity index is 2.03. The van der Waals surface area contributed by atoms with E-state index in [4.69, 9.17) is 9.47 Å². The molecule has 3 aromatic rings. The van der Waals surface area contributed by atoms with E-state index < -0.39 is 17.1 Å².